The highest BCUT2D eigenvalue weighted by Gasteiger charge is 2.28. The van der Waals surface area contributed by atoms with E-state index in [1.165, 1.54) is 25.7 Å². The maximum absolute atomic E-state index is 5.52. The molecule has 0 aliphatic heterocycles. The van der Waals surface area contributed by atoms with Crippen molar-refractivity contribution in [3.63, 3.8) is 0 Å². The Balaban J connectivity index is 2.06. The standard InChI is InChI=1S/C10H19N5/c1-2-8-3-4-9(7-8)10-12-13-14-15(10)6-5-11/h8-9H,2-7,11H2,1H3. The van der Waals surface area contributed by atoms with Crippen LogP contribution < -0.4 is 5.73 Å². The van der Waals surface area contributed by atoms with Crippen molar-refractivity contribution in [2.45, 2.75) is 45.1 Å². The van der Waals surface area contributed by atoms with E-state index in [1.54, 1.807) is 0 Å². The monoisotopic (exact) mass is 209 g/mol. The maximum Gasteiger partial charge on any atom is 0.154 e. The minimum absolute atomic E-state index is 0.552. The quantitative estimate of drug-likeness (QED) is 0.800. The lowest BCUT2D eigenvalue weighted by molar-refractivity contribution is 0.497. The second-order valence-electron chi connectivity index (χ2n) is 4.33. The number of rotatable bonds is 4. The number of tetrazole rings is 1. The van der Waals surface area contributed by atoms with Gasteiger partial charge < -0.3 is 5.73 Å². The summed E-state index contributed by atoms with van der Waals surface area (Å²) in [5.41, 5.74) is 5.52. The molecule has 5 nitrogen and oxygen atoms in total. The SMILES string of the molecule is CCC1CCC(c2nnnn2CCN)C1. The Morgan fingerprint density at radius 1 is 1.47 bits per heavy atom. The van der Waals surface area contributed by atoms with Crippen LogP contribution in [0.5, 0.6) is 0 Å². The molecule has 1 aliphatic rings. The molecule has 1 heterocycles. The van der Waals surface area contributed by atoms with E-state index in [0.29, 0.717) is 12.5 Å². The first-order valence-electron chi connectivity index (χ1n) is 5.81. The topological polar surface area (TPSA) is 69.6 Å². The Hall–Kier alpha value is -0.970. The van der Waals surface area contributed by atoms with Crippen LogP contribution in [-0.2, 0) is 6.54 Å². The van der Waals surface area contributed by atoms with Crippen molar-refractivity contribution >= 4 is 0 Å². The van der Waals surface area contributed by atoms with Gasteiger partial charge in [-0.25, -0.2) is 4.68 Å². The summed E-state index contributed by atoms with van der Waals surface area (Å²) in [6.07, 6.45) is 5.05. The summed E-state index contributed by atoms with van der Waals surface area (Å²) >= 11 is 0. The van der Waals surface area contributed by atoms with Gasteiger partial charge in [0.05, 0.1) is 6.54 Å². The Kier molecular flexibility index (Phi) is 3.30. The van der Waals surface area contributed by atoms with Crippen molar-refractivity contribution < 1.29 is 0 Å². The highest BCUT2D eigenvalue weighted by Crippen LogP contribution is 2.38. The normalized spacial score (nSPS) is 26.0. The fourth-order valence-corrected chi connectivity index (χ4v) is 2.47. The van der Waals surface area contributed by atoms with Crippen molar-refractivity contribution in [1.82, 2.24) is 20.2 Å². The van der Waals surface area contributed by atoms with Crippen molar-refractivity contribution in [2.24, 2.45) is 11.7 Å². The van der Waals surface area contributed by atoms with E-state index in [4.69, 9.17) is 5.73 Å². The molecule has 0 saturated heterocycles. The van der Waals surface area contributed by atoms with Gasteiger partial charge in [0.1, 0.15) is 0 Å². The lowest BCUT2D eigenvalue weighted by atomic mass is 10.0. The lowest BCUT2D eigenvalue weighted by Crippen LogP contribution is -2.15. The van der Waals surface area contributed by atoms with E-state index < -0.39 is 0 Å². The molecule has 1 aromatic rings. The summed E-state index contributed by atoms with van der Waals surface area (Å²) in [5.74, 6) is 2.45. The molecule has 0 radical (unpaired) electrons. The zero-order valence-corrected chi connectivity index (χ0v) is 9.26. The zero-order chi connectivity index (χ0) is 10.7. The average molecular weight is 209 g/mol. The third kappa shape index (κ3) is 2.17. The van der Waals surface area contributed by atoms with E-state index in [2.05, 4.69) is 22.4 Å². The summed E-state index contributed by atoms with van der Waals surface area (Å²) in [4.78, 5) is 0. The van der Waals surface area contributed by atoms with Crippen LogP contribution in [0.2, 0.25) is 0 Å². The fourth-order valence-electron chi connectivity index (χ4n) is 2.47. The van der Waals surface area contributed by atoms with Crippen LogP contribution in [0.4, 0.5) is 0 Å². The van der Waals surface area contributed by atoms with Crippen LogP contribution >= 0.6 is 0 Å². The molecular formula is C10H19N5. The molecule has 2 rings (SSSR count). The first-order chi connectivity index (χ1) is 7.35. The van der Waals surface area contributed by atoms with E-state index in [0.717, 1.165) is 18.3 Å². The van der Waals surface area contributed by atoms with Crippen molar-refractivity contribution in [3.8, 4) is 0 Å². The van der Waals surface area contributed by atoms with Gasteiger partial charge in [0.2, 0.25) is 0 Å². The average Bonchev–Trinajstić information content (AvgIpc) is 2.85. The van der Waals surface area contributed by atoms with Gasteiger partial charge in [-0.1, -0.05) is 13.3 Å². The molecule has 0 bridgehead atoms. The Bertz CT molecular complexity index is 309. The Labute approximate surface area is 90.0 Å². The molecule has 84 valence electrons. The zero-order valence-electron chi connectivity index (χ0n) is 9.26. The van der Waals surface area contributed by atoms with Gasteiger partial charge in [0, 0.05) is 12.5 Å². The highest BCUT2D eigenvalue weighted by atomic mass is 15.5. The van der Waals surface area contributed by atoms with Gasteiger partial charge in [0.15, 0.2) is 5.82 Å². The molecule has 0 amide bonds. The van der Waals surface area contributed by atoms with E-state index in [1.807, 2.05) is 4.68 Å². The smallest absolute Gasteiger partial charge is 0.154 e. The van der Waals surface area contributed by atoms with Crippen LogP contribution in [-0.4, -0.2) is 26.8 Å². The molecule has 2 atom stereocenters. The lowest BCUT2D eigenvalue weighted by Gasteiger charge is -2.09. The minimum atomic E-state index is 0.552. The van der Waals surface area contributed by atoms with Crippen LogP contribution in [0.15, 0.2) is 0 Å². The van der Waals surface area contributed by atoms with E-state index in [-0.39, 0.29) is 0 Å². The highest BCUT2D eigenvalue weighted by molar-refractivity contribution is 4.98. The van der Waals surface area contributed by atoms with E-state index in [9.17, 15) is 0 Å². The van der Waals surface area contributed by atoms with E-state index >= 15 is 0 Å². The molecule has 1 aromatic heterocycles. The number of hydrogen-bond donors (Lipinski definition) is 1. The fraction of sp³-hybridized carbons (Fsp3) is 0.900. The van der Waals surface area contributed by atoms with Gasteiger partial charge in [-0.3, -0.25) is 0 Å². The first-order valence-corrected chi connectivity index (χ1v) is 5.81. The number of nitrogens with two attached hydrogens (primary N) is 1. The van der Waals surface area contributed by atoms with Crippen LogP contribution in [0.1, 0.15) is 44.3 Å². The van der Waals surface area contributed by atoms with Gasteiger partial charge in [-0.05, 0) is 35.6 Å². The van der Waals surface area contributed by atoms with Crippen LogP contribution in [0.3, 0.4) is 0 Å². The Morgan fingerprint density at radius 3 is 3.00 bits per heavy atom. The van der Waals surface area contributed by atoms with Gasteiger partial charge in [-0.15, -0.1) is 5.10 Å². The molecule has 15 heavy (non-hydrogen) atoms. The maximum atomic E-state index is 5.52. The summed E-state index contributed by atoms with van der Waals surface area (Å²) in [6.45, 7) is 3.59. The van der Waals surface area contributed by atoms with Crippen LogP contribution in [0.25, 0.3) is 0 Å². The molecule has 1 saturated carbocycles. The van der Waals surface area contributed by atoms with Gasteiger partial charge >= 0.3 is 0 Å². The second kappa shape index (κ2) is 4.70. The number of nitrogens with zero attached hydrogens (tertiary/aromatic N) is 4. The van der Waals surface area contributed by atoms with Crippen molar-refractivity contribution in [1.29, 1.82) is 0 Å². The minimum Gasteiger partial charge on any atom is -0.329 e. The largest absolute Gasteiger partial charge is 0.329 e. The molecular weight excluding hydrogens is 190 g/mol. The van der Waals surface area contributed by atoms with Gasteiger partial charge in [-0.2, -0.15) is 0 Å². The molecule has 0 aromatic carbocycles. The summed E-state index contributed by atoms with van der Waals surface area (Å²) in [5, 5.41) is 11.9. The third-order valence-electron chi connectivity index (χ3n) is 3.38. The summed E-state index contributed by atoms with van der Waals surface area (Å²) in [6, 6.07) is 0. The number of hydrogen-bond acceptors (Lipinski definition) is 4. The third-order valence-corrected chi connectivity index (χ3v) is 3.38. The molecule has 2 unspecified atom stereocenters. The predicted octanol–water partition coefficient (Wildman–Crippen LogP) is 0.925. The second-order valence-corrected chi connectivity index (χ2v) is 4.33. The first kappa shape index (κ1) is 10.5. The number of aromatic nitrogens is 4. The Morgan fingerprint density at radius 2 is 2.33 bits per heavy atom. The molecule has 1 aliphatic carbocycles. The van der Waals surface area contributed by atoms with Crippen LogP contribution in [0, 0.1) is 5.92 Å². The molecule has 1 fully saturated rings. The molecule has 0 spiro atoms. The van der Waals surface area contributed by atoms with Crippen molar-refractivity contribution in [2.75, 3.05) is 6.54 Å². The molecule has 5 heteroatoms. The predicted molar refractivity (Wildman–Crippen MR) is 57.2 cm³/mol. The molecule has 2 N–H and O–H groups in total. The van der Waals surface area contributed by atoms with Gasteiger partial charge in [0.25, 0.3) is 0 Å². The summed E-state index contributed by atoms with van der Waals surface area (Å²) < 4.78 is 1.86. The summed E-state index contributed by atoms with van der Waals surface area (Å²) in [7, 11) is 0. The van der Waals surface area contributed by atoms with Crippen molar-refractivity contribution in [3.05, 3.63) is 5.82 Å².